The van der Waals surface area contributed by atoms with Crippen LogP contribution in [0.1, 0.15) is 44.7 Å². The largest absolute Gasteiger partial charge is 0.475 e. The molecule has 1 unspecified atom stereocenters. The predicted molar refractivity (Wildman–Crippen MR) is 100 cm³/mol. The van der Waals surface area contributed by atoms with Crippen LogP contribution in [-0.4, -0.2) is 24.8 Å². The lowest BCUT2D eigenvalue weighted by atomic mass is 9.43. The van der Waals surface area contributed by atoms with Gasteiger partial charge in [0.2, 0.25) is 0 Å². The third-order valence-electron chi connectivity index (χ3n) is 7.10. The van der Waals surface area contributed by atoms with Gasteiger partial charge >= 0.3 is 13.3 Å². The van der Waals surface area contributed by atoms with Crippen LogP contribution in [0.4, 0.5) is 13.2 Å². The summed E-state index contributed by atoms with van der Waals surface area (Å²) in [5.74, 6) is 0.384. The first-order chi connectivity index (χ1) is 12.0. The highest BCUT2D eigenvalue weighted by atomic mass is 35.5. The van der Waals surface area contributed by atoms with Crippen LogP contribution in [0.25, 0.3) is 0 Å². The maximum Gasteiger partial charge on any atom is 0.475 e. The molecule has 1 heterocycles. The molecule has 150 valence electrons. The number of halogens is 4. The molecule has 5 atom stereocenters. The van der Waals surface area contributed by atoms with Crippen LogP contribution >= 0.6 is 12.4 Å². The highest BCUT2D eigenvalue weighted by molar-refractivity contribution is 6.47. The molecular formula is C19H26BClF3NO2. The van der Waals surface area contributed by atoms with E-state index in [1.165, 1.54) is 12.1 Å². The summed E-state index contributed by atoms with van der Waals surface area (Å²) in [4.78, 5) is 0. The van der Waals surface area contributed by atoms with E-state index in [0.29, 0.717) is 11.8 Å². The minimum absolute atomic E-state index is 0. The first-order valence-electron chi connectivity index (χ1n) is 9.27. The summed E-state index contributed by atoms with van der Waals surface area (Å²) < 4.78 is 52.0. The Labute approximate surface area is 164 Å². The van der Waals surface area contributed by atoms with Crippen molar-refractivity contribution in [2.45, 2.75) is 63.9 Å². The van der Waals surface area contributed by atoms with Crippen LogP contribution < -0.4 is 5.73 Å². The zero-order valence-corrected chi connectivity index (χ0v) is 16.6. The molecule has 0 aromatic heterocycles. The molecule has 2 bridgehead atoms. The van der Waals surface area contributed by atoms with Crippen molar-refractivity contribution in [2.24, 2.45) is 23.0 Å². The molecule has 3 saturated carbocycles. The number of rotatable bonds is 3. The minimum Gasteiger partial charge on any atom is -0.404 e. The Morgan fingerprint density at radius 3 is 2.52 bits per heavy atom. The van der Waals surface area contributed by atoms with E-state index in [1.807, 2.05) is 0 Å². The van der Waals surface area contributed by atoms with E-state index >= 15 is 0 Å². The maximum absolute atomic E-state index is 13.2. The number of hydrogen-bond donors (Lipinski definition) is 1. The molecule has 1 aromatic carbocycles. The van der Waals surface area contributed by atoms with E-state index in [1.54, 1.807) is 6.07 Å². The summed E-state index contributed by atoms with van der Waals surface area (Å²) in [6, 6.07) is 5.57. The summed E-state index contributed by atoms with van der Waals surface area (Å²) >= 11 is 0. The lowest BCUT2D eigenvalue weighted by Crippen LogP contribution is -2.65. The van der Waals surface area contributed by atoms with E-state index in [4.69, 9.17) is 15.0 Å². The van der Waals surface area contributed by atoms with Crippen molar-refractivity contribution in [3.05, 3.63) is 35.4 Å². The predicted octanol–water partition coefficient (Wildman–Crippen LogP) is 4.26. The van der Waals surface area contributed by atoms with Gasteiger partial charge in [-0.15, -0.1) is 12.4 Å². The van der Waals surface area contributed by atoms with Crippen molar-refractivity contribution in [3.63, 3.8) is 0 Å². The van der Waals surface area contributed by atoms with Crippen LogP contribution in [0.5, 0.6) is 0 Å². The van der Waals surface area contributed by atoms with Crippen LogP contribution in [0.2, 0.25) is 0 Å². The summed E-state index contributed by atoms with van der Waals surface area (Å²) in [5, 5.41) is 0. The Hall–Kier alpha value is -0.755. The van der Waals surface area contributed by atoms with E-state index in [-0.39, 0.29) is 35.9 Å². The maximum atomic E-state index is 13.2. The lowest BCUT2D eigenvalue weighted by Gasteiger charge is -2.64. The normalized spacial score (nSPS) is 35.1. The molecule has 4 aliphatic rings. The summed E-state index contributed by atoms with van der Waals surface area (Å²) in [5.41, 5.74) is 5.61. The monoisotopic (exact) mass is 403 g/mol. The van der Waals surface area contributed by atoms with Crippen LogP contribution in [0.3, 0.4) is 0 Å². The van der Waals surface area contributed by atoms with Gasteiger partial charge in [-0.25, -0.2) is 0 Å². The minimum atomic E-state index is -4.39. The summed E-state index contributed by atoms with van der Waals surface area (Å²) in [7, 11) is -0.665. The number of hydrogen-bond acceptors (Lipinski definition) is 3. The van der Waals surface area contributed by atoms with E-state index < -0.39 is 30.4 Å². The quantitative estimate of drug-likeness (QED) is 0.767. The van der Waals surface area contributed by atoms with Crippen molar-refractivity contribution in [1.29, 1.82) is 0 Å². The second-order valence-corrected chi connectivity index (χ2v) is 8.86. The molecule has 2 N–H and O–H groups in total. The van der Waals surface area contributed by atoms with Crippen LogP contribution in [0.15, 0.2) is 24.3 Å². The Bertz CT molecular complexity index is 716. The van der Waals surface area contributed by atoms with Gasteiger partial charge in [0, 0.05) is 5.94 Å². The molecule has 0 amide bonds. The van der Waals surface area contributed by atoms with Gasteiger partial charge < -0.3 is 15.0 Å². The molecule has 3 aliphatic carbocycles. The topological polar surface area (TPSA) is 44.5 Å². The standard InChI is InChI=1S/C19H25BF3NO2.ClH/c1-17(2)12-9-14(17)18(3)15(10-12)25-20(26-18)16(24)8-11-6-4-5-7-13(11)19(21,22)23;/h4-7,12,14-16H,8-10,24H2,1-3H3;1H/t12?,14-,15+,16-,18-;/m0./s1. The Kier molecular flexibility index (Phi) is 5.16. The van der Waals surface area contributed by atoms with Crippen molar-refractivity contribution in [2.75, 3.05) is 0 Å². The second-order valence-electron chi connectivity index (χ2n) is 8.86. The van der Waals surface area contributed by atoms with Gasteiger partial charge in [-0.1, -0.05) is 32.0 Å². The Morgan fingerprint density at radius 2 is 1.89 bits per heavy atom. The summed E-state index contributed by atoms with van der Waals surface area (Å²) in [6.07, 6.45) is -2.28. The molecule has 4 fully saturated rings. The molecule has 1 saturated heterocycles. The van der Waals surface area contributed by atoms with Gasteiger partial charge in [0.25, 0.3) is 0 Å². The van der Waals surface area contributed by atoms with Gasteiger partial charge in [-0.05, 0) is 55.1 Å². The highest BCUT2D eigenvalue weighted by Crippen LogP contribution is 2.65. The van der Waals surface area contributed by atoms with Gasteiger partial charge in [0.1, 0.15) is 0 Å². The molecule has 0 radical (unpaired) electrons. The van der Waals surface area contributed by atoms with Crippen molar-refractivity contribution < 1.29 is 22.5 Å². The average molecular weight is 404 g/mol. The van der Waals surface area contributed by atoms with Gasteiger partial charge in [-0.2, -0.15) is 13.2 Å². The molecule has 27 heavy (non-hydrogen) atoms. The number of alkyl halides is 3. The smallest absolute Gasteiger partial charge is 0.404 e. The average Bonchev–Trinajstić information content (AvgIpc) is 2.91. The molecular weight excluding hydrogens is 377 g/mol. The lowest BCUT2D eigenvalue weighted by molar-refractivity contribution is -0.199. The molecule has 1 aliphatic heterocycles. The van der Waals surface area contributed by atoms with Crippen molar-refractivity contribution in [3.8, 4) is 0 Å². The van der Waals surface area contributed by atoms with Crippen molar-refractivity contribution in [1.82, 2.24) is 0 Å². The molecule has 5 rings (SSSR count). The molecule has 3 nitrogen and oxygen atoms in total. The van der Waals surface area contributed by atoms with E-state index in [0.717, 1.165) is 18.9 Å². The van der Waals surface area contributed by atoms with Crippen LogP contribution in [-0.2, 0) is 21.9 Å². The van der Waals surface area contributed by atoms with Gasteiger partial charge in [0.05, 0.1) is 17.3 Å². The Morgan fingerprint density at radius 1 is 1.22 bits per heavy atom. The number of benzene rings is 1. The second kappa shape index (κ2) is 6.65. The first kappa shape index (κ1) is 21.0. The molecule has 8 heteroatoms. The van der Waals surface area contributed by atoms with Gasteiger partial charge in [0.15, 0.2) is 0 Å². The Balaban J connectivity index is 0.00000210. The third kappa shape index (κ3) is 3.20. The fourth-order valence-electron chi connectivity index (χ4n) is 5.41. The van der Waals surface area contributed by atoms with Gasteiger partial charge in [-0.3, -0.25) is 0 Å². The first-order valence-corrected chi connectivity index (χ1v) is 9.27. The molecule has 0 spiro atoms. The fourth-order valence-corrected chi connectivity index (χ4v) is 5.41. The van der Waals surface area contributed by atoms with E-state index in [2.05, 4.69) is 20.8 Å². The highest BCUT2D eigenvalue weighted by Gasteiger charge is 2.68. The SMILES string of the molecule is CC1(C)C2C[C@H]3OB([C@@H](N)Cc4ccccc4C(F)(F)F)O[C@@]3(C)[C@H]1C2.Cl. The third-order valence-corrected chi connectivity index (χ3v) is 7.10. The number of nitrogens with two attached hydrogens (primary N) is 1. The van der Waals surface area contributed by atoms with Crippen molar-refractivity contribution >= 4 is 19.5 Å². The van der Waals surface area contributed by atoms with E-state index in [9.17, 15) is 13.2 Å². The molecule has 1 aromatic rings. The zero-order valence-electron chi connectivity index (χ0n) is 15.8. The zero-order chi connectivity index (χ0) is 18.9. The summed E-state index contributed by atoms with van der Waals surface area (Å²) in [6.45, 7) is 6.61. The van der Waals surface area contributed by atoms with Crippen LogP contribution in [0, 0.1) is 17.3 Å². The fraction of sp³-hybridized carbons (Fsp3) is 0.684.